The first-order chi connectivity index (χ1) is 22.7. The third-order valence-corrected chi connectivity index (χ3v) is 10.7. The number of amides is 2. The Bertz CT molecular complexity index is 2000. The fraction of sp³-hybridized carbons (Fsp3) is 0.500. The first-order valence-corrected chi connectivity index (χ1v) is 20.7. The lowest BCUT2D eigenvalue weighted by molar-refractivity contribution is 0.0485. The molecule has 3 heterocycles. The van der Waals surface area contributed by atoms with Crippen molar-refractivity contribution in [2.75, 3.05) is 13.7 Å². The van der Waals surface area contributed by atoms with Gasteiger partial charge in [-0.2, -0.15) is 0 Å². The van der Waals surface area contributed by atoms with E-state index in [2.05, 4.69) is 69.8 Å². The Kier molecular flexibility index (Phi) is 7.90. The quantitative estimate of drug-likeness (QED) is 0.178. The second kappa shape index (κ2) is 11.7. The number of nitrogens with one attached hydrogen (secondary N) is 1. The Balaban J connectivity index is 1.25. The zero-order valence-corrected chi connectivity index (χ0v) is 30.4. The molecule has 10 heteroatoms. The largest absolute Gasteiger partial charge is 0.494 e. The van der Waals surface area contributed by atoms with Crippen LogP contribution in [0.5, 0.6) is 5.75 Å². The van der Waals surface area contributed by atoms with Crippen LogP contribution in [-0.2, 0) is 18.3 Å². The van der Waals surface area contributed by atoms with Crippen molar-refractivity contribution < 1.29 is 19.1 Å². The normalized spacial score (nSPS) is 20.7. The van der Waals surface area contributed by atoms with Crippen LogP contribution in [0.4, 0.5) is 4.79 Å². The highest BCUT2D eigenvalue weighted by atomic mass is 28.3. The molecule has 48 heavy (non-hydrogen) atoms. The molecule has 4 aromatic rings. The summed E-state index contributed by atoms with van der Waals surface area (Å²) in [7, 11) is 2.09. The van der Waals surface area contributed by atoms with E-state index in [0.717, 1.165) is 47.4 Å². The van der Waals surface area contributed by atoms with Gasteiger partial charge in [-0.1, -0.05) is 37.7 Å². The highest BCUT2D eigenvalue weighted by Crippen LogP contribution is 2.41. The van der Waals surface area contributed by atoms with Crippen LogP contribution in [0.15, 0.2) is 36.4 Å². The second-order valence-electron chi connectivity index (χ2n) is 15.9. The van der Waals surface area contributed by atoms with Crippen LogP contribution in [0.3, 0.4) is 0 Å². The molecule has 7 rings (SSSR count). The smallest absolute Gasteiger partial charge is 0.407 e. The highest BCUT2D eigenvalue weighted by Gasteiger charge is 2.50. The average Bonchev–Trinajstić information content (AvgIpc) is 3.34. The average molecular weight is 666 g/mol. The number of methoxy groups -OCH3 is 1. The number of rotatable bonds is 6. The van der Waals surface area contributed by atoms with Gasteiger partial charge in [0.25, 0.3) is 5.91 Å². The van der Waals surface area contributed by atoms with Gasteiger partial charge in [0.05, 0.1) is 35.9 Å². The van der Waals surface area contributed by atoms with Crippen molar-refractivity contribution in [2.45, 2.75) is 90.3 Å². The Morgan fingerprint density at radius 3 is 2.52 bits per heavy atom. The molecule has 2 aliphatic carbocycles. The summed E-state index contributed by atoms with van der Waals surface area (Å²) in [6.45, 7) is 13.9. The topological polar surface area (TPSA) is 90.6 Å². The number of carbonyl (C=O) groups is 2. The zero-order chi connectivity index (χ0) is 34.1. The van der Waals surface area contributed by atoms with Gasteiger partial charge in [-0.3, -0.25) is 4.79 Å². The number of piperidine rings is 1. The van der Waals surface area contributed by atoms with Crippen LogP contribution in [0, 0.1) is 23.3 Å². The number of ether oxygens (including phenoxy) is 2. The van der Waals surface area contributed by atoms with E-state index in [0.29, 0.717) is 29.3 Å². The van der Waals surface area contributed by atoms with Crippen molar-refractivity contribution in [3.63, 3.8) is 0 Å². The van der Waals surface area contributed by atoms with Crippen LogP contribution >= 0.6 is 0 Å². The summed E-state index contributed by atoms with van der Waals surface area (Å²) in [5.41, 5.74) is 8.35. The van der Waals surface area contributed by atoms with E-state index in [1.807, 2.05) is 44.9 Å². The molecule has 252 valence electrons. The lowest BCUT2D eigenvalue weighted by Gasteiger charge is -2.28. The lowest BCUT2D eigenvalue weighted by Crippen LogP contribution is -2.46. The summed E-state index contributed by atoms with van der Waals surface area (Å²) in [5, 5.41) is 4.22. The fourth-order valence-corrected chi connectivity index (χ4v) is 8.00. The molecule has 2 amide bonds. The summed E-state index contributed by atoms with van der Waals surface area (Å²) < 4.78 is 15.9. The van der Waals surface area contributed by atoms with Crippen LogP contribution in [0.1, 0.15) is 62.4 Å². The Labute approximate surface area is 284 Å². The van der Waals surface area contributed by atoms with Gasteiger partial charge in [0, 0.05) is 36.7 Å². The third-order valence-electron chi connectivity index (χ3n) is 9.79. The number of fused-ring (bicyclic) bond motifs is 4. The van der Waals surface area contributed by atoms with E-state index < -0.39 is 19.8 Å². The number of likely N-dealkylation sites (tertiary alicyclic amines) is 1. The monoisotopic (exact) mass is 665 g/mol. The second-order valence-corrected chi connectivity index (χ2v) is 20.7. The number of benzene rings is 2. The number of imidazole rings is 1. The maximum Gasteiger partial charge on any atom is 0.407 e. The standard InChI is InChI=1S/C38H47N5O4Si/c1-38(2,3)47-37(45)40-32-26-14-15-29(32)43(22-26)36(44)27-18-28-34(31(20-27)46-5)41(4)35(39-28)30-19-25-11-9-10-24(16-17-48(6,7)8)33(25)42(30)21-23-12-13-23/h9-11,18-20,23,26,29,32H,12-15,21-22H2,1-8H3,(H,40,45). The van der Waals surface area contributed by atoms with E-state index in [4.69, 9.17) is 14.5 Å². The first-order valence-electron chi connectivity index (χ1n) is 17.2. The van der Waals surface area contributed by atoms with Gasteiger partial charge in [-0.15, -0.1) is 5.54 Å². The van der Waals surface area contributed by atoms with Crippen molar-refractivity contribution in [3.8, 4) is 28.7 Å². The minimum atomic E-state index is -1.57. The van der Waals surface area contributed by atoms with Gasteiger partial charge in [0.15, 0.2) is 5.82 Å². The molecule has 3 unspecified atom stereocenters. The molecule has 3 atom stereocenters. The molecular weight excluding hydrogens is 619 g/mol. The molecule has 2 saturated carbocycles. The fourth-order valence-electron chi connectivity index (χ4n) is 7.49. The summed E-state index contributed by atoms with van der Waals surface area (Å²) in [5.74, 6) is 5.75. The molecular formula is C38H47N5O4Si. The molecule has 2 aromatic heterocycles. The van der Waals surface area contributed by atoms with E-state index in [-0.39, 0.29) is 23.9 Å². The molecule has 3 aliphatic rings. The number of alkyl carbamates (subject to hydrolysis) is 1. The van der Waals surface area contributed by atoms with Crippen LogP contribution in [0.25, 0.3) is 33.5 Å². The minimum Gasteiger partial charge on any atom is -0.494 e. The molecule has 1 saturated heterocycles. The van der Waals surface area contributed by atoms with Crippen molar-refractivity contribution in [1.29, 1.82) is 0 Å². The number of para-hydroxylation sites is 1. The Morgan fingerprint density at radius 2 is 1.83 bits per heavy atom. The SMILES string of the molecule is COc1cc(C(=O)N2CC3CCC2C3NC(=O)OC(C)(C)C)cc2nc(-c3cc4cccc(C#C[Si](C)(C)C)c4n3CC3CC3)n(C)c12. The number of carbonyl (C=O) groups excluding carboxylic acids is 2. The van der Waals surface area contributed by atoms with E-state index in [1.165, 1.54) is 18.4 Å². The minimum absolute atomic E-state index is 0.0703. The molecule has 9 nitrogen and oxygen atoms in total. The highest BCUT2D eigenvalue weighted by molar-refractivity contribution is 6.83. The third kappa shape index (κ3) is 6.09. The van der Waals surface area contributed by atoms with Gasteiger partial charge in [0.1, 0.15) is 24.9 Å². The molecule has 1 N–H and O–H groups in total. The number of aryl methyl sites for hydroxylation is 1. The number of nitrogens with zero attached hydrogens (tertiary/aromatic N) is 4. The Morgan fingerprint density at radius 1 is 1.06 bits per heavy atom. The molecule has 2 bridgehead atoms. The maximum atomic E-state index is 14.1. The van der Waals surface area contributed by atoms with Gasteiger partial charge >= 0.3 is 6.09 Å². The summed E-state index contributed by atoms with van der Waals surface area (Å²) in [4.78, 5) is 33.8. The lowest BCUT2D eigenvalue weighted by atomic mass is 10.1. The van der Waals surface area contributed by atoms with Crippen molar-refractivity contribution in [3.05, 3.63) is 47.5 Å². The molecule has 2 aromatic carbocycles. The number of hydrogen-bond acceptors (Lipinski definition) is 5. The van der Waals surface area contributed by atoms with Gasteiger partial charge in [-0.25, -0.2) is 9.78 Å². The number of aromatic nitrogens is 3. The van der Waals surface area contributed by atoms with Crippen molar-refractivity contribution in [1.82, 2.24) is 24.3 Å². The summed E-state index contributed by atoms with van der Waals surface area (Å²) in [6.07, 6.45) is 3.85. The molecule has 3 fully saturated rings. The van der Waals surface area contributed by atoms with Crippen molar-refractivity contribution in [2.24, 2.45) is 18.9 Å². The zero-order valence-electron chi connectivity index (χ0n) is 29.4. The molecule has 0 radical (unpaired) electrons. The predicted octanol–water partition coefficient (Wildman–Crippen LogP) is 6.97. The Hall–Kier alpha value is -4.23. The van der Waals surface area contributed by atoms with E-state index >= 15 is 0 Å². The summed E-state index contributed by atoms with van der Waals surface area (Å²) in [6, 6.07) is 12.2. The molecule has 0 spiro atoms. The van der Waals surface area contributed by atoms with Gasteiger partial charge in [-0.05, 0) is 82.6 Å². The van der Waals surface area contributed by atoms with Gasteiger partial charge < -0.3 is 28.8 Å². The number of hydrogen-bond donors (Lipinski definition) is 1. The summed E-state index contributed by atoms with van der Waals surface area (Å²) >= 11 is 0. The van der Waals surface area contributed by atoms with Crippen LogP contribution < -0.4 is 10.1 Å². The maximum absolute atomic E-state index is 14.1. The first kappa shape index (κ1) is 32.3. The van der Waals surface area contributed by atoms with Crippen LogP contribution in [-0.4, -0.2) is 70.4 Å². The molecule has 1 aliphatic heterocycles. The van der Waals surface area contributed by atoms with E-state index in [9.17, 15) is 9.59 Å². The van der Waals surface area contributed by atoms with Crippen molar-refractivity contribution >= 4 is 42.0 Å². The van der Waals surface area contributed by atoms with E-state index in [1.54, 1.807) is 7.11 Å². The van der Waals surface area contributed by atoms with Gasteiger partial charge in [0.2, 0.25) is 0 Å². The predicted molar refractivity (Wildman–Crippen MR) is 192 cm³/mol. The van der Waals surface area contributed by atoms with Crippen LogP contribution in [0.2, 0.25) is 19.6 Å².